The third-order valence-corrected chi connectivity index (χ3v) is 3.28. The monoisotopic (exact) mass is 287 g/mol. The Bertz CT molecular complexity index is 496. The van der Waals surface area contributed by atoms with Crippen LogP contribution in [-0.2, 0) is 4.79 Å². The van der Waals surface area contributed by atoms with Crippen molar-refractivity contribution in [2.45, 2.75) is 0 Å². The van der Waals surface area contributed by atoms with Gasteiger partial charge in [0.1, 0.15) is 0 Å². The lowest BCUT2D eigenvalue weighted by Gasteiger charge is -2.26. The summed E-state index contributed by atoms with van der Waals surface area (Å²) in [7, 11) is 0. The van der Waals surface area contributed by atoms with Crippen LogP contribution in [0.2, 0.25) is 10.0 Å². The number of nitrogen functional groups attached to an aromatic ring is 1. The first-order valence-corrected chi connectivity index (χ1v) is 6.05. The molecule has 18 heavy (non-hydrogen) atoms. The van der Waals surface area contributed by atoms with E-state index < -0.39 is 0 Å². The summed E-state index contributed by atoms with van der Waals surface area (Å²) in [6, 6.07) is 2.91. The summed E-state index contributed by atoms with van der Waals surface area (Å²) < 4.78 is 0. The average molecular weight is 288 g/mol. The molecule has 0 aliphatic carbocycles. The van der Waals surface area contributed by atoms with Crippen molar-refractivity contribution in [1.82, 2.24) is 10.2 Å². The van der Waals surface area contributed by atoms with Crippen molar-refractivity contribution in [3.05, 3.63) is 27.7 Å². The number of anilines is 1. The second kappa shape index (κ2) is 5.04. The summed E-state index contributed by atoms with van der Waals surface area (Å²) in [5.41, 5.74) is 6.17. The van der Waals surface area contributed by atoms with E-state index in [1.165, 1.54) is 17.0 Å². The molecule has 1 aromatic carbocycles. The molecule has 0 bridgehead atoms. The highest BCUT2D eigenvalue weighted by Crippen LogP contribution is 2.29. The zero-order valence-electron chi connectivity index (χ0n) is 9.37. The van der Waals surface area contributed by atoms with Crippen LogP contribution in [0.1, 0.15) is 10.4 Å². The van der Waals surface area contributed by atoms with Crippen LogP contribution in [0, 0.1) is 0 Å². The van der Waals surface area contributed by atoms with Crippen LogP contribution < -0.4 is 11.1 Å². The molecule has 1 heterocycles. The van der Waals surface area contributed by atoms with Crippen molar-refractivity contribution in [2.24, 2.45) is 0 Å². The number of rotatable bonds is 1. The first kappa shape index (κ1) is 13.0. The molecule has 2 rings (SSSR count). The number of carbonyl (C=O) groups is 2. The molecule has 1 fully saturated rings. The van der Waals surface area contributed by atoms with E-state index in [1.807, 2.05) is 0 Å². The Labute approximate surface area is 114 Å². The zero-order valence-corrected chi connectivity index (χ0v) is 10.9. The predicted molar refractivity (Wildman–Crippen MR) is 69.8 cm³/mol. The first-order chi connectivity index (χ1) is 8.49. The molecule has 0 saturated carbocycles. The maximum absolute atomic E-state index is 12.1. The SMILES string of the molecule is Nc1c(Cl)cc(C(=O)N2CCNC(=O)C2)cc1Cl. The fourth-order valence-electron chi connectivity index (χ4n) is 1.70. The van der Waals surface area contributed by atoms with Gasteiger partial charge in [-0.3, -0.25) is 9.59 Å². The first-order valence-electron chi connectivity index (χ1n) is 5.29. The number of nitrogens with one attached hydrogen (secondary N) is 1. The number of nitrogens with zero attached hydrogens (tertiary/aromatic N) is 1. The minimum absolute atomic E-state index is 0.0401. The Morgan fingerprint density at radius 2 is 1.94 bits per heavy atom. The van der Waals surface area contributed by atoms with E-state index in [2.05, 4.69) is 5.32 Å². The third-order valence-electron chi connectivity index (χ3n) is 2.65. The molecular weight excluding hydrogens is 277 g/mol. The number of hydrogen-bond donors (Lipinski definition) is 2. The van der Waals surface area contributed by atoms with Gasteiger partial charge in [-0.15, -0.1) is 0 Å². The topological polar surface area (TPSA) is 75.4 Å². The van der Waals surface area contributed by atoms with E-state index in [0.29, 0.717) is 18.7 Å². The van der Waals surface area contributed by atoms with Gasteiger partial charge < -0.3 is 16.0 Å². The Kier molecular flexibility index (Phi) is 3.63. The summed E-state index contributed by atoms with van der Waals surface area (Å²) in [6.07, 6.45) is 0. The molecule has 2 amide bonds. The second-order valence-electron chi connectivity index (χ2n) is 3.93. The van der Waals surface area contributed by atoms with Crippen LogP contribution in [0.3, 0.4) is 0 Å². The number of benzene rings is 1. The smallest absolute Gasteiger partial charge is 0.254 e. The van der Waals surface area contributed by atoms with Crippen LogP contribution in [0.4, 0.5) is 5.69 Å². The largest absolute Gasteiger partial charge is 0.396 e. The van der Waals surface area contributed by atoms with Gasteiger partial charge in [-0.25, -0.2) is 0 Å². The molecule has 3 N–H and O–H groups in total. The van der Waals surface area contributed by atoms with E-state index in [4.69, 9.17) is 28.9 Å². The Hall–Kier alpha value is -1.46. The van der Waals surface area contributed by atoms with Crippen molar-refractivity contribution in [2.75, 3.05) is 25.4 Å². The summed E-state index contributed by atoms with van der Waals surface area (Å²) >= 11 is 11.7. The number of amides is 2. The molecule has 7 heteroatoms. The quantitative estimate of drug-likeness (QED) is 0.761. The van der Waals surface area contributed by atoms with Gasteiger partial charge in [0.25, 0.3) is 5.91 Å². The van der Waals surface area contributed by atoms with Crippen LogP contribution in [0.15, 0.2) is 12.1 Å². The lowest BCUT2D eigenvalue weighted by atomic mass is 10.1. The molecule has 1 aliphatic heterocycles. The number of nitrogens with two attached hydrogens (primary N) is 1. The molecule has 0 spiro atoms. The lowest BCUT2D eigenvalue weighted by Crippen LogP contribution is -2.49. The predicted octanol–water partition coefficient (Wildman–Crippen LogP) is 1.15. The van der Waals surface area contributed by atoms with Gasteiger partial charge in [0.15, 0.2) is 0 Å². The minimum atomic E-state index is -0.284. The van der Waals surface area contributed by atoms with Crippen LogP contribution in [0.5, 0.6) is 0 Å². The van der Waals surface area contributed by atoms with Gasteiger partial charge in [0.05, 0.1) is 22.3 Å². The summed E-state index contributed by atoms with van der Waals surface area (Å²) in [5.74, 6) is -0.462. The van der Waals surface area contributed by atoms with Gasteiger partial charge in [-0.2, -0.15) is 0 Å². The highest BCUT2D eigenvalue weighted by Gasteiger charge is 2.23. The van der Waals surface area contributed by atoms with E-state index in [-0.39, 0.29) is 34.1 Å². The number of halogens is 2. The molecule has 1 aliphatic rings. The normalized spacial score (nSPS) is 15.4. The van der Waals surface area contributed by atoms with Gasteiger partial charge in [-0.1, -0.05) is 23.2 Å². The Morgan fingerprint density at radius 1 is 1.33 bits per heavy atom. The summed E-state index contributed by atoms with van der Waals surface area (Å²) in [4.78, 5) is 24.8. The van der Waals surface area contributed by atoms with Gasteiger partial charge in [-0.05, 0) is 12.1 Å². The molecule has 1 aromatic rings. The van der Waals surface area contributed by atoms with Crippen molar-refractivity contribution in [3.63, 3.8) is 0 Å². The maximum Gasteiger partial charge on any atom is 0.254 e. The van der Waals surface area contributed by atoms with Crippen molar-refractivity contribution >= 4 is 40.7 Å². The van der Waals surface area contributed by atoms with Crippen LogP contribution in [0.25, 0.3) is 0 Å². The van der Waals surface area contributed by atoms with E-state index >= 15 is 0 Å². The maximum atomic E-state index is 12.1. The van der Waals surface area contributed by atoms with Crippen molar-refractivity contribution < 1.29 is 9.59 Å². The van der Waals surface area contributed by atoms with E-state index in [9.17, 15) is 9.59 Å². The fourth-order valence-corrected chi connectivity index (χ4v) is 2.19. The Balaban J connectivity index is 2.26. The molecule has 96 valence electrons. The van der Waals surface area contributed by atoms with E-state index in [1.54, 1.807) is 0 Å². The molecule has 0 atom stereocenters. The molecular formula is C11H11Cl2N3O2. The minimum Gasteiger partial charge on any atom is -0.396 e. The average Bonchev–Trinajstić information content (AvgIpc) is 2.34. The molecule has 0 radical (unpaired) electrons. The Morgan fingerprint density at radius 3 is 2.50 bits per heavy atom. The van der Waals surface area contributed by atoms with Gasteiger partial charge in [0.2, 0.25) is 5.91 Å². The number of hydrogen-bond acceptors (Lipinski definition) is 3. The highest BCUT2D eigenvalue weighted by atomic mass is 35.5. The molecule has 0 aromatic heterocycles. The fraction of sp³-hybridized carbons (Fsp3) is 0.273. The van der Waals surface area contributed by atoms with Crippen LogP contribution >= 0.6 is 23.2 Å². The zero-order chi connectivity index (χ0) is 13.3. The second-order valence-corrected chi connectivity index (χ2v) is 4.74. The highest BCUT2D eigenvalue weighted by molar-refractivity contribution is 6.39. The van der Waals surface area contributed by atoms with E-state index in [0.717, 1.165) is 0 Å². The number of piperazine rings is 1. The van der Waals surface area contributed by atoms with Gasteiger partial charge >= 0.3 is 0 Å². The summed E-state index contributed by atoms with van der Waals surface area (Å²) in [6.45, 7) is 0.948. The van der Waals surface area contributed by atoms with Crippen LogP contribution in [-0.4, -0.2) is 36.3 Å². The molecule has 1 saturated heterocycles. The van der Waals surface area contributed by atoms with Crippen molar-refractivity contribution in [3.8, 4) is 0 Å². The molecule has 5 nitrogen and oxygen atoms in total. The third kappa shape index (κ3) is 2.52. The van der Waals surface area contributed by atoms with Crippen molar-refractivity contribution in [1.29, 1.82) is 0 Å². The standard InChI is InChI=1S/C11H11Cl2N3O2/c12-7-3-6(4-8(13)10(7)14)11(18)16-2-1-15-9(17)5-16/h3-4H,1-2,5,14H2,(H,15,17). The number of carbonyl (C=O) groups excluding carboxylic acids is 2. The lowest BCUT2D eigenvalue weighted by molar-refractivity contribution is -0.123. The van der Waals surface area contributed by atoms with Gasteiger partial charge in [0, 0.05) is 18.7 Å². The molecule has 0 unspecified atom stereocenters. The summed E-state index contributed by atoms with van der Waals surface area (Å²) in [5, 5.41) is 3.10.